The summed E-state index contributed by atoms with van der Waals surface area (Å²) in [6.07, 6.45) is 1.41. The van der Waals surface area contributed by atoms with Gasteiger partial charge in [0.2, 0.25) is 13.6 Å². The molecule has 4 heterocycles. The Morgan fingerprint density at radius 3 is 2.49 bits per heavy atom. The molecule has 0 saturated carbocycles. The third-order valence-electron chi connectivity index (χ3n) is 6.21. The van der Waals surface area contributed by atoms with Gasteiger partial charge in [-0.15, -0.1) is 0 Å². The Kier molecular flexibility index (Phi) is 5.46. The third kappa shape index (κ3) is 3.65. The molecule has 0 spiro atoms. The minimum absolute atomic E-state index is 0.0494. The van der Waals surface area contributed by atoms with Gasteiger partial charge in [-0.1, -0.05) is 17.8 Å². The SMILES string of the molecule is CCOC(=O)C1=C2SC(c3ccc4c(c3)OCO4)=CC(=O)N2C(N)=C(C#N)C1c1ccc2c(c1)OCO2. The van der Waals surface area contributed by atoms with Gasteiger partial charge in [-0.25, -0.2) is 4.79 Å². The average Bonchev–Trinajstić information content (AvgIpc) is 3.56. The smallest absolute Gasteiger partial charge is 0.337 e. The van der Waals surface area contributed by atoms with Gasteiger partial charge in [0.1, 0.15) is 10.9 Å². The number of carbonyl (C=O) groups is 2. The van der Waals surface area contributed by atoms with Crippen LogP contribution in [0.3, 0.4) is 0 Å². The summed E-state index contributed by atoms with van der Waals surface area (Å²) in [5.41, 5.74) is 7.88. The first-order chi connectivity index (χ1) is 18.0. The molecule has 0 radical (unpaired) electrons. The van der Waals surface area contributed by atoms with Crippen molar-refractivity contribution < 1.29 is 33.3 Å². The molecule has 0 fully saturated rings. The van der Waals surface area contributed by atoms with Gasteiger partial charge >= 0.3 is 5.97 Å². The first kappa shape index (κ1) is 22.9. The van der Waals surface area contributed by atoms with Gasteiger partial charge in [0.05, 0.1) is 29.7 Å². The normalized spacial score (nSPS) is 19.5. The fourth-order valence-electron chi connectivity index (χ4n) is 4.55. The van der Waals surface area contributed by atoms with E-state index in [4.69, 9.17) is 29.4 Å². The van der Waals surface area contributed by atoms with Crippen LogP contribution in [0.1, 0.15) is 24.0 Å². The molecule has 6 rings (SSSR count). The molecule has 0 bridgehead atoms. The third-order valence-corrected chi connectivity index (χ3v) is 7.38. The van der Waals surface area contributed by atoms with Crippen LogP contribution in [0.4, 0.5) is 0 Å². The summed E-state index contributed by atoms with van der Waals surface area (Å²) in [6, 6.07) is 12.6. The molecular weight excluding hydrogens is 498 g/mol. The van der Waals surface area contributed by atoms with E-state index in [2.05, 4.69) is 6.07 Å². The van der Waals surface area contributed by atoms with Crippen LogP contribution >= 0.6 is 11.8 Å². The lowest BCUT2D eigenvalue weighted by atomic mass is 9.83. The summed E-state index contributed by atoms with van der Waals surface area (Å²) in [5.74, 6) is 0.121. The quantitative estimate of drug-likeness (QED) is 0.602. The number of allylic oxidation sites excluding steroid dienone is 1. The number of carbonyl (C=O) groups excluding carboxylic acids is 2. The van der Waals surface area contributed by atoms with Crippen molar-refractivity contribution in [1.29, 1.82) is 5.26 Å². The molecule has 37 heavy (non-hydrogen) atoms. The molecule has 0 aliphatic carbocycles. The Morgan fingerprint density at radius 1 is 1.11 bits per heavy atom. The number of amides is 1. The van der Waals surface area contributed by atoms with Gasteiger partial charge in [-0.3, -0.25) is 9.69 Å². The van der Waals surface area contributed by atoms with Gasteiger partial charge in [0, 0.05) is 11.0 Å². The van der Waals surface area contributed by atoms with Crippen LogP contribution in [-0.4, -0.2) is 37.0 Å². The van der Waals surface area contributed by atoms with Crippen molar-refractivity contribution in [1.82, 2.24) is 4.90 Å². The number of nitriles is 1. The minimum atomic E-state index is -0.888. The van der Waals surface area contributed by atoms with Crippen molar-refractivity contribution in [3.63, 3.8) is 0 Å². The van der Waals surface area contributed by atoms with Crippen molar-refractivity contribution in [3.8, 4) is 29.1 Å². The molecule has 10 nitrogen and oxygen atoms in total. The maximum Gasteiger partial charge on any atom is 0.337 e. The van der Waals surface area contributed by atoms with E-state index in [1.807, 2.05) is 0 Å². The summed E-state index contributed by atoms with van der Waals surface area (Å²) < 4.78 is 27.2. The summed E-state index contributed by atoms with van der Waals surface area (Å²) in [6.45, 7) is 1.98. The number of thioether (sulfide) groups is 1. The fraction of sp³-hybridized carbons (Fsp3) is 0.192. The molecule has 4 aliphatic heterocycles. The van der Waals surface area contributed by atoms with Gasteiger partial charge in [-0.2, -0.15) is 5.26 Å². The molecular formula is C26H19N3O7S. The van der Waals surface area contributed by atoms with E-state index in [0.29, 0.717) is 39.0 Å². The Hall–Kier alpha value is -4.56. The molecule has 1 amide bonds. The monoisotopic (exact) mass is 517 g/mol. The zero-order chi connectivity index (χ0) is 25.7. The highest BCUT2D eigenvalue weighted by Crippen LogP contribution is 2.51. The maximum absolute atomic E-state index is 13.4. The number of fused-ring (bicyclic) bond motifs is 3. The molecule has 0 aromatic heterocycles. The molecule has 186 valence electrons. The maximum atomic E-state index is 13.4. The molecule has 2 aromatic carbocycles. The van der Waals surface area contributed by atoms with Crippen molar-refractivity contribution in [2.45, 2.75) is 12.8 Å². The second-order valence-electron chi connectivity index (χ2n) is 8.25. The standard InChI is InChI=1S/C26H19N3O7S/c1-2-32-26(31)23-22(14-4-6-17-19(8-14)36-12-34-17)15(10-27)24(28)29-21(30)9-20(37-25(23)29)13-3-5-16-18(7-13)35-11-33-16/h3-9,22H,2,11-12,28H2,1H3. The van der Waals surface area contributed by atoms with Crippen molar-refractivity contribution in [2.75, 3.05) is 20.2 Å². The molecule has 2 aromatic rings. The predicted octanol–water partition coefficient (Wildman–Crippen LogP) is 3.33. The highest BCUT2D eigenvalue weighted by atomic mass is 32.2. The van der Waals surface area contributed by atoms with Crippen LogP contribution in [-0.2, 0) is 14.3 Å². The molecule has 1 unspecified atom stereocenters. The van der Waals surface area contributed by atoms with Crippen LogP contribution in [0, 0.1) is 11.3 Å². The Bertz CT molecular complexity index is 1500. The summed E-state index contributed by atoms with van der Waals surface area (Å²) in [5, 5.41) is 10.4. The van der Waals surface area contributed by atoms with Crippen LogP contribution in [0.5, 0.6) is 23.0 Å². The lowest BCUT2D eigenvalue weighted by Gasteiger charge is -2.37. The second kappa shape index (κ2) is 8.83. The number of nitrogens with zero attached hydrogens (tertiary/aromatic N) is 2. The van der Waals surface area contributed by atoms with Crippen molar-refractivity contribution >= 4 is 28.5 Å². The van der Waals surface area contributed by atoms with Gasteiger partial charge in [0.25, 0.3) is 5.91 Å². The van der Waals surface area contributed by atoms with E-state index in [0.717, 1.165) is 0 Å². The van der Waals surface area contributed by atoms with E-state index >= 15 is 0 Å². The zero-order valence-corrected chi connectivity index (χ0v) is 20.3. The number of nitrogens with two attached hydrogens (primary N) is 1. The van der Waals surface area contributed by atoms with E-state index in [-0.39, 0.29) is 42.2 Å². The highest BCUT2D eigenvalue weighted by Gasteiger charge is 2.44. The topological polar surface area (TPSA) is 133 Å². The summed E-state index contributed by atoms with van der Waals surface area (Å²) in [7, 11) is 0. The largest absolute Gasteiger partial charge is 0.463 e. The molecule has 11 heteroatoms. The van der Waals surface area contributed by atoms with E-state index in [1.54, 1.807) is 43.3 Å². The molecule has 2 N–H and O–H groups in total. The first-order valence-electron chi connectivity index (χ1n) is 11.3. The lowest BCUT2D eigenvalue weighted by Crippen LogP contribution is -2.40. The number of esters is 1. The summed E-state index contributed by atoms with van der Waals surface area (Å²) in [4.78, 5) is 28.6. The zero-order valence-electron chi connectivity index (χ0n) is 19.5. The number of benzene rings is 2. The van der Waals surface area contributed by atoms with Crippen LogP contribution < -0.4 is 24.7 Å². The van der Waals surface area contributed by atoms with Crippen LogP contribution in [0.25, 0.3) is 4.91 Å². The average molecular weight is 518 g/mol. The first-order valence-corrected chi connectivity index (χ1v) is 12.2. The Morgan fingerprint density at radius 2 is 1.78 bits per heavy atom. The van der Waals surface area contributed by atoms with E-state index < -0.39 is 17.8 Å². The van der Waals surface area contributed by atoms with Crippen molar-refractivity contribution in [3.05, 3.63) is 75.6 Å². The molecule has 1 atom stereocenters. The van der Waals surface area contributed by atoms with Crippen LogP contribution in [0.15, 0.2) is 64.5 Å². The molecule has 0 saturated heterocycles. The van der Waals surface area contributed by atoms with Gasteiger partial charge in [-0.05, 0) is 48.4 Å². The lowest BCUT2D eigenvalue weighted by molar-refractivity contribution is -0.138. The highest BCUT2D eigenvalue weighted by molar-refractivity contribution is 8.11. The second-order valence-corrected chi connectivity index (χ2v) is 9.28. The van der Waals surface area contributed by atoms with Gasteiger partial charge in [0.15, 0.2) is 23.0 Å². The Labute approximate surface area is 215 Å². The van der Waals surface area contributed by atoms with Crippen molar-refractivity contribution in [2.24, 2.45) is 5.73 Å². The Balaban J connectivity index is 1.52. The van der Waals surface area contributed by atoms with Gasteiger partial charge < -0.3 is 29.4 Å². The van der Waals surface area contributed by atoms with E-state index in [1.165, 1.54) is 22.7 Å². The van der Waals surface area contributed by atoms with E-state index in [9.17, 15) is 14.9 Å². The fourth-order valence-corrected chi connectivity index (χ4v) is 5.75. The number of hydrogen-bond donors (Lipinski definition) is 1. The number of ether oxygens (including phenoxy) is 5. The predicted molar refractivity (Wildman–Crippen MR) is 131 cm³/mol. The summed E-state index contributed by atoms with van der Waals surface area (Å²) >= 11 is 1.19. The molecule has 4 aliphatic rings. The van der Waals surface area contributed by atoms with Crippen LogP contribution in [0.2, 0.25) is 0 Å². The number of rotatable bonds is 4. The number of hydrogen-bond acceptors (Lipinski definition) is 10. The minimum Gasteiger partial charge on any atom is -0.463 e.